The molecule has 1 aliphatic heterocycles. The zero-order valence-corrected chi connectivity index (χ0v) is 31.3. The third-order valence-electron chi connectivity index (χ3n) is 8.63. The van der Waals surface area contributed by atoms with E-state index in [1.54, 1.807) is 24.3 Å². The average molecular weight is 730 g/mol. The number of nitrogens with one attached hydrogen (secondary N) is 4. The van der Waals surface area contributed by atoms with Crippen molar-refractivity contribution in [2.75, 3.05) is 11.9 Å². The van der Waals surface area contributed by atoms with Gasteiger partial charge in [0.15, 0.2) is 0 Å². The third-order valence-corrected chi connectivity index (χ3v) is 8.63. The van der Waals surface area contributed by atoms with Crippen LogP contribution in [0.3, 0.4) is 0 Å². The third kappa shape index (κ3) is 14.8. The molecule has 0 spiro atoms. The monoisotopic (exact) mass is 729 g/mol. The van der Waals surface area contributed by atoms with Gasteiger partial charge in [-0.15, -0.1) is 0 Å². The number of unbranched alkanes of at least 4 members (excludes halogenated alkanes) is 2. The van der Waals surface area contributed by atoms with Crippen molar-refractivity contribution in [3.05, 3.63) is 29.8 Å². The number of likely N-dealkylation sites (tertiary alicyclic amines) is 1. The standard InChI is InChI=1S/C37H55N5O10/c1-22(2)19-29(40-30(44)11-9-8-10-18-42-31(45)20-27(36(42)51)37(5,6)7)35(50)38-23(3)33(48)41-28(16-17-32(46)47)34(49)39-26-14-12-25(13-15-26)21-52-24(4)43/h12-15,22-23,27-29H,8-11,16-21H2,1-7H3,(H,38,50)(H,39,49)(H,40,44)(H,41,48)(H,46,47)/t23-,27?,28-,29+/m0/s1. The van der Waals surface area contributed by atoms with E-state index in [0.717, 1.165) is 0 Å². The topological polar surface area (TPSA) is 217 Å². The Morgan fingerprint density at radius 1 is 0.865 bits per heavy atom. The van der Waals surface area contributed by atoms with E-state index >= 15 is 0 Å². The molecule has 4 atom stereocenters. The van der Waals surface area contributed by atoms with E-state index in [9.17, 15) is 43.5 Å². The summed E-state index contributed by atoms with van der Waals surface area (Å²) in [6, 6.07) is 3.10. The number of carbonyl (C=O) groups excluding carboxylic acids is 7. The van der Waals surface area contributed by atoms with E-state index in [1.165, 1.54) is 18.7 Å². The number of imide groups is 1. The molecule has 15 nitrogen and oxygen atoms in total. The number of amides is 6. The molecule has 1 aliphatic rings. The highest BCUT2D eigenvalue weighted by Gasteiger charge is 2.44. The lowest BCUT2D eigenvalue weighted by molar-refractivity contribution is -0.142. The zero-order chi connectivity index (χ0) is 39.2. The number of carboxylic acid groups (broad SMARTS) is 1. The second-order valence-corrected chi connectivity index (χ2v) is 14.8. The molecule has 1 aromatic carbocycles. The quantitative estimate of drug-likeness (QED) is 0.0751. The van der Waals surface area contributed by atoms with Crippen LogP contribution < -0.4 is 21.3 Å². The summed E-state index contributed by atoms with van der Waals surface area (Å²) in [5, 5.41) is 19.7. The van der Waals surface area contributed by atoms with Gasteiger partial charge in [-0.25, -0.2) is 0 Å². The zero-order valence-electron chi connectivity index (χ0n) is 31.3. The first-order valence-electron chi connectivity index (χ1n) is 17.8. The van der Waals surface area contributed by atoms with Gasteiger partial charge in [0.25, 0.3) is 0 Å². The highest BCUT2D eigenvalue weighted by atomic mass is 16.5. The molecule has 0 bridgehead atoms. The molecule has 0 saturated carbocycles. The molecular formula is C37H55N5O10. The van der Waals surface area contributed by atoms with Crippen molar-refractivity contribution in [1.82, 2.24) is 20.9 Å². The summed E-state index contributed by atoms with van der Waals surface area (Å²) in [6.45, 7) is 12.6. The number of ether oxygens (including phenoxy) is 1. The lowest BCUT2D eigenvalue weighted by atomic mass is 9.80. The van der Waals surface area contributed by atoms with Gasteiger partial charge in [0.2, 0.25) is 35.4 Å². The van der Waals surface area contributed by atoms with Crippen molar-refractivity contribution in [2.24, 2.45) is 17.3 Å². The minimum absolute atomic E-state index is 0.0208. The summed E-state index contributed by atoms with van der Waals surface area (Å²) in [5.74, 6) is -4.59. The van der Waals surface area contributed by atoms with Gasteiger partial charge in [0.1, 0.15) is 24.7 Å². The predicted octanol–water partition coefficient (Wildman–Crippen LogP) is 3.06. The van der Waals surface area contributed by atoms with Crippen molar-refractivity contribution in [1.29, 1.82) is 0 Å². The van der Waals surface area contributed by atoms with Crippen LogP contribution in [0, 0.1) is 17.3 Å². The molecule has 1 saturated heterocycles. The van der Waals surface area contributed by atoms with Crippen molar-refractivity contribution in [3.8, 4) is 0 Å². The largest absolute Gasteiger partial charge is 0.481 e. The lowest BCUT2D eigenvalue weighted by Gasteiger charge is -2.25. The summed E-state index contributed by atoms with van der Waals surface area (Å²) < 4.78 is 4.94. The van der Waals surface area contributed by atoms with E-state index in [0.29, 0.717) is 43.5 Å². The molecule has 0 aromatic heterocycles. The number of anilines is 1. The van der Waals surface area contributed by atoms with E-state index in [4.69, 9.17) is 4.74 Å². The molecule has 1 aromatic rings. The SMILES string of the molecule is CC(=O)OCc1ccc(NC(=O)[C@H](CCC(=O)O)NC(=O)[C@H](C)NC(=O)[C@@H](CC(C)C)NC(=O)CCCCCN2C(=O)CC(C(C)(C)C)C2=O)cc1. The molecule has 0 radical (unpaired) electrons. The minimum Gasteiger partial charge on any atom is -0.481 e. The number of rotatable bonds is 20. The van der Waals surface area contributed by atoms with Crippen LogP contribution in [0.1, 0.15) is 105 Å². The lowest BCUT2D eigenvalue weighted by Crippen LogP contribution is -2.55. The summed E-state index contributed by atoms with van der Waals surface area (Å²) in [4.78, 5) is 101. The molecular weight excluding hydrogens is 674 g/mol. The van der Waals surface area contributed by atoms with E-state index in [1.807, 2.05) is 34.6 Å². The Hall–Kier alpha value is -4.82. The van der Waals surface area contributed by atoms with Crippen LogP contribution in [0.2, 0.25) is 0 Å². The van der Waals surface area contributed by atoms with E-state index in [2.05, 4.69) is 21.3 Å². The Balaban J connectivity index is 1.91. The van der Waals surface area contributed by atoms with Gasteiger partial charge in [-0.3, -0.25) is 43.3 Å². The minimum atomic E-state index is -1.24. The Bertz CT molecular complexity index is 1450. The van der Waals surface area contributed by atoms with E-state index in [-0.39, 0.29) is 60.8 Å². The van der Waals surface area contributed by atoms with Crippen LogP contribution in [0.15, 0.2) is 24.3 Å². The van der Waals surface area contributed by atoms with Crippen LogP contribution >= 0.6 is 0 Å². The molecule has 1 heterocycles. The van der Waals surface area contributed by atoms with Gasteiger partial charge in [0.05, 0.1) is 5.92 Å². The Labute approximate surface area is 305 Å². The van der Waals surface area contributed by atoms with Crippen molar-refractivity contribution < 1.29 is 48.2 Å². The number of hydrogen-bond acceptors (Lipinski definition) is 9. The number of esters is 1. The van der Waals surface area contributed by atoms with Crippen LogP contribution in [0.25, 0.3) is 0 Å². The van der Waals surface area contributed by atoms with Gasteiger partial charge in [-0.1, -0.05) is 53.2 Å². The van der Waals surface area contributed by atoms with Gasteiger partial charge < -0.3 is 31.1 Å². The Morgan fingerprint density at radius 2 is 1.52 bits per heavy atom. The van der Waals surface area contributed by atoms with Crippen LogP contribution in [0.4, 0.5) is 5.69 Å². The fourth-order valence-electron chi connectivity index (χ4n) is 5.61. The Kier molecular flexibility index (Phi) is 16.9. The van der Waals surface area contributed by atoms with Gasteiger partial charge in [-0.05, 0) is 61.6 Å². The molecule has 1 unspecified atom stereocenters. The number of aliphatic carboxylic acids is 1. The summed E-state index contributed by atoms with van der Waals surface area (Å²) in [6.07, 6.45) is 1.64. The molecule has 6 amide bonds. The normalized spacial score (nSPS) is 16.2. The first-order valence-corrected chi connectivity index (χ1v) is 17.8. The maximum Gasteiger partial charge on any atom is 0.303 e. The van der Waals surface area contributed by atoms with Gasteiger partial charge in [-0.2, -0.15) is 0 Å². The number of carboxylic acids is 1. The smallest absolute Gasteiger partial charge is 0.303 e. The number of nitrogens with zero attached hydrogens (tertiary/aromatic N) is 1. The fraction of sp³-hybridized carbons (Fsp3) is 0.622. The summed E-state index contributed by atoms with van der Waals surface area (Å²) in [7, 11) is 0. The molecule has 2 rings (SSSR count). The number of carbonyl (C=O) groups is 8. The second-order valence-electron chi connectivity index (χ2n) is 14.8. The molecule has 15 heteroatoms. The van der Waals surface area contributed by atoms with Crippen molar-refractivity contribution >= 4 is 53.1 Å². The summed E-state index contributed by atoms with van der Waals surface area (Å²) >= 11 is 0. The molecule has 0 aliphatic carbocycles. The van der Waals surface area contributed by atoms with Crippen LogP contribution in [0.5, 0.6) is 0 Å². The first kappa shape index (κ1) is 43.3. The van der Waals surface area contributed by atoms with Gasteiger partial charge in [0, 0.05) is 38.4 Å². The highest BCUT2D eigenvalue weighted by Crippen LogP contribution is 2.35. The maximum absolute atomic E-state index is 13.2. The van der Waals surface area contributed by atoms with E-state index < -0.39 is 54.2 Å². The predicted molar refractivity (Wildman–Crippen MR) is 191 cm³/mol. The van der Waals surface area contributed by atoms with Crippen molar-refractivity contribution in [3.63, 3.8) is 0 Å². The first-order chi connectivity index (χ1) is 24.3. The molecule has 5 N–H and O–H groups in total. The highest BCUT2D eigenvalue weighted by molar-refractivity contribution is 6.04. The van der Waals surface area contributed by atoms with Crippen LogP contribution in [-0.4, -0.2) is 82.1 Å². The van der Waals surface area contributed by atoms with Crippen LogP contribution in [-0.2, 0) is 49.7 Å². The fourth-order valence-corrected chi connectivity index (χ4v) is 5.61. The summed E-state index contributed by atoms with van der Waals surface area (Å²) in [5.41, 5.74) is 0.747. The Morgan fingerprint density at radius 3 is 2.08 bits per heavy atom. The second kappa shape index (κ2) is 20.3. The van der Waals surface area contributed by atoms with Gasteiger partial charge >= 0.3 is 11.9 Å². The molecule has 52 heavy (non-hydrogen) atoms. The molecule has 1 fully saturated rings. The number of hydrogen-bond donors (Lipinski definition) is 5. The average Bonchev–Trinajstić information content (AvgIpc) is 3.34. The molecule has 288 valence electrons. The van der Waals surface area contributed by atoms with Crippen molar-refractivity contribution in [2.45, 2.75) is 125 Å². The number of benzene rings is 1. The maximum atomic E-state index is 13.2.